The molecule has 124 valence electrons. The lowest BCUT2D eigenvalue weighted by atomic mass is 10.1. The number of carbonyl (C=O) groups excluding carboxylic acids is 1. The van der Waals surface area contributed by atoms with Crippen molar-refractivity contribution < 1.29 is 43.9 Å². The third kappa shape index (κ3) is 2.79. The molecule has 1 aromatic carbocycles. The normalized spacial score (nSPS) is 12.8. The third-order valence-corrected chi connectivity index (χ3v) is 4.31. The minimum absolute atomic E-state index is 0.107. The second-order valence-electron chi connectivity index (χ2n) is 4.07. The van der Waals surface area contributed by atoms with E-state index in [0.29, 0.717) is 14.1 Å². The molecule has 0 bridgehead atoms. The van der Waals surface area contributed by atoms with Crippen LogP contribution in [0.3, 0.4) is 0 Å². The zero-order valence-corrected chi connectivity index (χ0v) is 11.5. The lowest BCUT2D eigenvalue weighted by Gasteiger charge is -2.17. The molecule has 0 radical (unpaired) electrons. The second-order valence-corrected chi connectivity index (χ2v) is 6.16. The van der Waals surface area contributed by atoms with Crippen molar-refractivity contribution >= 4 is 15.8 Å². The maximum absolute atomic E-state index is 13.6. The summed E-state index contributed by atoms with van der Waals surface area (Å²) in [6.07, 6.45) is -5.84. The summed E-state index contributed by atoms with van der Waals surface area (Å²) in [7, 11) is -3.81. The van der Waals surface area contributed by atoms with Gasteiger partial charge in [0, 0.05) is 14.1 Å². The monoisotopic (exact) mass is 353 g/mol. The SMILES string of the molecule is CN(C)S(=O)(=O)c1c(F)c(F)c(F)c(F)c1C(=O)C(F)(F)F. The van der Waals surface area contributed by atoms with Crippen molar-refractivity contribution in [3.63, 3.8) is 0 Å². The first-order chi connectivity index (χ1) is 9.74. The van der Waals surface area contributed by atoms with E-state index in [-0.39, 0.29) is 4.31 Å². The van der Waals surface area contributed by atoms with Crippen molar-refractivity contribution in [1.82, 2.24) is 4.31 Å². The molecule has 1 rings (SSSR count). The first-order valence-electron chi connectivity index (χ1n) is 5.14. The Morgan fingerprint density at radius 1 is 0.909 bits per heavy atom. The Kier molecular flexibility index (Phi) is 4.59. The smallest absolute Gasteiger partial charge is 0.284 e. The molecule has 0 aliphatic carbocycles. The highest BCUT2D eigenvalue weighted by molar-refractivity contribution is 7.89. The number of rotatable bonds is 3. The predicted molar refractivity (Wildman–Crippen MR) is 57.5 cm³/mol. The number of ketones is 1. The van der Waals surface area contributed by atoms with Gasteiger partial charge in [0.15, 0.2) is 23.3 Å². The molecular formula is C10H6F7NO3S. The summed E-state index contributed by atoms with van der Waals surface area (Å²) < 4.78 is 114. The van der Waals surface area contributed by atoms with Crippen molar-refractivity contribution in [2.24, 2.45) is 0 Å². The standard InChI is InChI=1S/C10H6F7NO3S/c1-18(2)22(20,21)8-3(9(19)10(15,16)17)4(11)5(12)6(13)7(8)14/h1-2H3. The molecular weight excluding hydrogens is 347 g/mol. The Balaban J connectivity index is 4.03. The largest absolute Gasteiger partial charge is 0.455 e. The van der Waals surface area contributed by atoms with Crippen molar-refractivity contribution in [2.75, 3.05) is 14.1 Å². The van der Waals surface area contributed by atoms with E-state index < -0.39 is 55.7 Å². The molecule has 0 heterocycles. The highest BCUT2D eigenvalue weighted by Crippen LogP contribution is 2.33. The maximum atomic E-state index is 13.6. The Morgan fingerprint density at radius 2 is 1.32 bits per heavy atom. The third-order valence-electron chi connectivity index (χ3n) is 2.45. The molecule has 0 aliphatic heterocycles. The van der Waals surface area contributed by atoms with Crippen LogP contribution >= 0.6 is 0 Å². The molecule has 12 heteroatoms. The maximum Gasteiger partial charge on any atom is 0.455 e. The molecule has 0 spiro atoms. The van der Waals surface area contributed by atoms with E-state index in [1.54, 1.807) is 0 Å². The molecule has 22 heavy (non-hydrogen) atoms. The van der Waals surface area contributed by atoms with Crippen LogP contribution in [0.25, 0.3) is 0 Å². The molecule has 0 aromatic heterocycles. The van der Waals surface area contributed by atoms with Gasteiger partial charge in [-0.1, -0.05) is 0 Å². The Labute approximate surface area is 119 Å². The van der Waals surface area contributed by atoms with Gasteiger partial charge in [-0.3, -0.25) is 4.79 Å². The van der Waals surface area contributed by atoms with E-state index in [2.05, 4.69) is 0 Å². The van der Waals surface area contributed by atoms with E-state index in [9.17, 15) is 43.9 Å². The van der Waals surface area contributed by atoms with Crippen LogP contribution in [-0.2, 0) is 10.0 Å². The van der Waals surface area contributed by atoms with Crippen LogP contribution < -0.4 is 0 Å². The van der Waals surface area contributed by atoms with Gasteiger partial charge < -0.3 is 0 Å². The van der Waals surface area contributed by atoms with Gasteiger partial charge in [-0.25, -0.2) is 30.3 Å². The molecule has 0 saturated heterocycles. The fourth-order valence-corrected chi connectivity index (χ4v) is 2.50. The number of Topliss-reactive ketones (excluding diaryl/α,β-unsaturated/α-hetero) is 1. The Morgan fingerprint density at radius 3 is 1.68 bits per heavy atom. The van der Waals surface area contributed by atoms with Crippen LogP contribution in [0.15, 0.2) is 4.90 Å². The number of halogens is 7. The number of alkyl halides is 3. The van der Waals surface area contributed by atoms with Gasteiger partial charge in [-0.05, 0) is 0 Å². The molecule has 0 amide bonds. The zero-order chi connectivity index (χ0) is 17.6. The van der Waals surface area contributed by atoms with Gasteiger partial charge in [0.05, 0.1) is 5.56 Å². The number of nitrogens with zero attached hydrogens (tertiary/aromatic N) is 1. The minimum Gasteiger partial charge on any atom is -0.284 e. The van der Waals surface area contributed by atoms with Crippen molar-refractivity contribution in [1.29, 1.82) is 0 Å². The highest BCUT2D eigenvalue weighted by Gasteiger charge is 2.47. The molecule has 0 atom stereocenters. The minimum atomic E-state index is -5.84. The van der Waals surface area contributed by atoms with E-state index in [1.165, 1.54) is 0 Å². The number of sulfonamides is 1. The molecule has 0 saturated carbocycles. The van der Waals surface area contributed by atoms with Crippen LogP contribution in [0.2, 0.25) is 0 Å². The van der Waals surface area contributed by atoms with Gasteiger partial charge in [0.25, 0.3) is 5.78 Å². The van der Waals surface area contributed by atoms with Crippen LogP contribution in [0.4, 0.5) is 30.7 Å². The number of carbonyl (C=O) groups is 1. The van der Waals surface area contributed by atoms with Crippen LogP contribution in [-0.4, -0.2) is 38.8 Å². The first-order valence-corrected chi connectivity index (χ1v) is 6.58. The van der Waals surface area contributed by atoms with E-state index in [4.69, 9.17) is 0 Å². The fraction of sp³-hybridized carbons (Fsp3) is 0.300. The lowest BCUT2D eigenvalue weighted by Crippen LogP contribution is -2.31. The molecule has 0 fully saturated rings. The Hall–Kier alpha value is -1.69. The first kappa shape index (κ1) is 18.4. The Bertz CT molecular complexity index is 740. The van der Waals surface area contributed by atoms with Gasteiger partial charge in [0.2, 0.25) is 10.0 Å². The van der Waals surface area contributed by atoms with Crippen LogP contribution in [0.5, 0.6) is 0 Å². The average Bonchev–Trinajstić information content (AvgIpc) is 2.37. The molecule has 0 unspecified atom stereocenters. The number of hydrogen-bond donors (Lipinski definition) is 0. The molecule has 4 nitrogen and oxygen atoms in total. The fourth-order valence-electron chi connectivity index (χ4n) is 1.38. The van der Waals surface area contributed by atoms with Gasteiger partial charge in [-0.15, -0.1) is 0 Å². The molecule has 0 N–H and O–H groups in total. The van der Waals surface area contributed by atoms with E-state index in [0.717, 1.165) is 0 Å². The van der Waals surface area contributed by atoms with Gasteiger partial charge in [-0.2, -0.15) is 13.2 Å². The number of hydrogen-bond acceptors (Lipinski definition) is 3. The average molecular weight is 353 g/mol. The molecule has 1 aromatic rings. The molecule has 0 aliphatic rings. The quantitative estimate of drug-likeness (QED) is 0.363. The summed E-state index contributed by atoms with van der Waals surface area (Å²) in [5, 5.41) is 0. The summed E-state index contributed by atoms with van der Waals surface area (Å²) in [6, 6.07) is 0. The second kappa shape index (κ2) is 5.50. The summed E-state index contributed by atoms with van der Waals surface area (Å²) >= 11 is 0. The number of benzene rings is 1. The van der Waals surface area contributed by atoms with Crippen LogP contribution in [0.1, 0.15) is 10.4 Å². The van der Waals surface area contributed by atoms with Crippen molar-refractivity contribution in [2.45, 2.75) is 11.1 Å². The highest BCUT2D eigenvalue weighted by atomic mass is 32.2. The summed E-state index contributed by atoms with van der Waals surface area (Å²) in [4.78, 5) is 8.86. The lowest BCUT2D eigenvalue weighted by molar-refractivity contribution is -0.0890. The predicted octanol–water partition coefficient (Wildman–Crippen LogP) is 2.24. The summed E-state index contributed by atoms with van der Waals surface area (Å²) in [6.45, 7) is 0. The van der Waals surface area contributed by atoms with E-state index in [1.807, 2.05) is 0 Å². The summed E-state index contributed by atoms with van der Waals surface area (Å²) in [5.74, 6) is -13.9. The van der Waals surface area contributed by atoms with E-state index >= 15 is 0 Å². The van der Waals surface area contributed by atoms with Crippen molar-refractivity contribution in [3.05, 3.63) is 28.8 Å². The zero-order valence-electron chi connectivity index (χ0n) is 10.7. The van der Waals surface area contributed by atoms with Gasteiger partial charge >= 0.3 is 6.18 Å². The van der Waals surface area contributed by atoms with Crippen LogP contribution in [0, 0.1) is 23.3 Å². The van der Waals surface area contributed by atoms with Gasteiger partial charge in [0.1, 0.15) is 4.90 Å². The summed E-state index contributed by atoms with van der Waals surface area (Å²) in [5.41, 5.74) is -2.45. The van der Waals surface area contributed by atoms with Crippen molar-refractivity contribution in [3.8, 4) is 0 Å². The topological polar surface area (TPSA) is 54.5 Å².